The lowest BCUT2D eigenvalue weighted by Crippen LogP contribution is -2.48. The summed E-state index contributed by atoms with van der Waals surface area (Å²) in [6.07, 6.45) is -1.14. The fraction of sp³-hybridized carbons (Fsp3) is 0.600. The van der Waals surface area contributed by atoms with Crippen LogP contribution in [0.25, 0.3) is 0 Å². The van der Waals surface area contributed by atoms with E-state index in [1.165, 1.54) is 0 Å². The molecule has 2 atom stereocenters. The van der Waals surface area contributed by atoms with Gasteiger partial charge in [-0.1, -0.05) is 30.3 Å². The van der Waals surface area contributed by atoms with Crippen LogP contribution in [0.5, 0.6) is 0 Å². The Morgan fingerprint density at radius 1 is 0.967 bits per heavy atom. The van der Waals surface area contributed by atoms with Crippen LogP contribution in [0.1, 0.15) is 5.56 Å². The minimum absolute atomic E-state index is 0.0312. The molecule has 1 aromatic carbocycles. The van der Waals surface area contributed by atoms with Crippen LogP contribution >= 0.6 is 0 Å². The minimum Gasteiger partial charge on any atom is -0.445 e. The lowest BCUT2D eigenvalue weighted by Gasteiger charge is -2.24. The molecule has 0 heterocycles. The monoisotopic (exact) mass is 429 g/mol. The van der Waals surface area contributed by atoms with Crippen LogP contribution in [0, 0.1) is 0 Å². The number of rotatable bonds is 18. The van der Waals surface area contributed by atoms with E-state index in [1.54, 1.807) is 14.2 Å². The molecule has 0 fully saturated rings. The molecule has 170 valence electrons. The van der Waals surface area contributed by atoms with Crippen molar-refractivity contribution in [2.24, 2.45) is 0 Å². The number of amides is 1. The van der Waals surface area contributed by atoms with Crippen LogP contribution in [0.3, 0.4) is 0 Å². The first-order chi connectivity index (χ1) is 14.7. The highest BCUT2D eigenvalue weighted by atomic mass is 16.7. The predicted molar refractivity (Wildman–Crippen MR) is 106 cm³/mol. The number of alkyl carbamates (subject to hydrolysis) is 1. The summed E-state index contributed by atoms with van der Waals surface area (Å²) < 4.78 is 36.1. The van der Waals surface area contributed by atoms with Crippen molar-refractivity contribution in [2.45, 2.75) is 18.8 Å². The number of nitrogens with one attached hydrogen (secondary N) is 1. The van der Waals surface area contributed by atoms with Crippen molar-refractivity contribution >= 4 is 12.4 Å². The van der Waals surface area contributed by atoms with Crippen LogP contribution in [0.4, 0.5) is 4.79 Å². The summed E-state index contributed by atoms with van der Waals surface area (Å²) in [5, 5.41) is 2.59. The highest BCUT2D eigenvalue weighted by Crippen LogP contribution is 2.04. The first kappa shape index (κ1) is 26.0. The van der Waals surface area contributed by atoms with Gasteiger partial charge >= 0.3 is 6.09 Å². The topological polar surface area (TPSA) is 111 Å². The lowest BCUT2D eigenvalue weighted by molar-refractivity contribution is -0.141. The molecule has 0 saturated carbocycles. The zero-order chi connectivity index (χ0) is 21.9. The second-order valence-electron chi connectivity index (χ2n) is 5.99. The van der Waals surface area contributed by atoms with Crippen molar-refractivity contribution in [3.8, 4) is 0 Å². The molecule has 0 aliphatic carbocycles. The van der Waals surface area contributed by atoms with E-state index < -0.39 is 18.2 Å². The van der Waals surface area contributed by atoms with E-state index in [0.717, 1.165) is 5.56 Å². The molecule has 10 heteroatoms. The second kappa shape index (κ2) is 17.8. The van der Waals surface area contributed by atoms with Gasteiger partial charge in [0, 0.05) is 14.2 Å². The first-order valence-corrected chi connectivity index (χ1v) is 9.46. The van der Waals surface area contributed by atoms with Crippen molar-refractivity contribution in [3.05, 3.63) is 35.9 Å². The maximum atomic E-state index is 12.2. The summed E-state index contributed by atoms with van der Waals surface area (Å²) >= 11 is 0. The molecule has 1 rings (SSSR count). The molecule has 0 bridgehead atoms. The number of ether oxygens (including phenoxy) is 7. The van der Waals surface area contributed by atoms with E-state index in [-0.39, 0.29) is 26.8 Å². The van der Waals surface area contributed by atoms with E-state index >= 15 is 0 Å². The Morgan fingerprint density at radius 3 is 2.27 bits per heavy atom. The van der Waals surface area contributed by atoms with Gasteiger partial charge in [-0.15, -0.1) is 0 Å². The second-order valence-corrected chi connectivity index (χ2v) is 5.99. The zero-order valence-electron chi connectivity index (χ0n) is 17.4. The quantitative estimate of drug-likeness (QED) is 0.208. The highest BCUT2D eigenvalue weighted by Gasteiger charge is 2.25. The molecule has 0 aromatic heterocycles. The van der Waals surface area contributed by atoms with Crippen LogP contribution in [-0.4, -0.2) is 85.4 Å². The van der Waals surface area contributed by atoms with Crippen molar-refractivity contribution in [1.82, 2.24) is 5.32 Å². The fourth-order valence-electron chi connectivity index (χ4n) is 2.15. The smallest absolute Gasteiger partial charge is 0.407 e. The third-order valence-corrected chi connectivity index (χ3v) is 3.72. The van der Waals surface area contributed by atoms with Crippen molar-refractivity contribution < 1.29 is 42.7 Å². The number of aldehydes is 1. The molecule has 0 aliphatic rings. The number of hydrogen-bond acceptors (Lipinski definition) is 9. The van der Waals surface area contributed by atoms with Crippen molar-refractivity contribution in [3.63, 3.8) is 0 Å². The van der Waals surface area contributed by atoms with Crippen LogP contribution in [0.15, 0.2) is 30.3 Å². The third-order valence-electron chi connectivity index (χ3n) is 3.72. The molecule has 10 nitrogen and oxygen atoms in total. The Labute approximate surface area is 176 Å². The first-order valence-electron chi connectivity index (χ1n) is 9.46. The zero-order valence-corrected chi connectivity index (χ0v) is 17.4. The molecule has 0 unspecified atom stereocenters. The molecular weight excluding hydrogens is 398 g/mol. The Bertz CT molecular complexity index is 558. The van der Waals surface area contributed by atoms with E-state index in [4.69, 9.17) is 33.2 Å². The number of methoxy groups -OCH3 is 2. The number of benzene rings is 1. The van der Waals surface area contributed by atoms with Crippen LogP contribution in [-0.2, 0) is 44.6 Å². The van der Waals surface area contributed by atoms with Gasteiger partial charge in [-0.3, -0.25) is 0 Å². The Hall–Kier alpha value is -2.08. The summed E-state index contributed by atoms with van der Waals surface area (Å²) in [7, 11) is 3.11. The molecule has 1 amide bonds. The van der Waals surface area contributed by atoms with Gasteiger partial charge < -0.3 is 43.3 Å². The van der Waals surface area contributed by atoms with Gasteiger partial charge in [-0.2, -0.15) is 0 Å². The summed E-state index contributed by atoms with van der Waals surface area (Å²) in [6.45, 7) is 1.37. The Kier molecular flexibility index (Phi) is 15.4. The molecular formula is C20H31NO9. The third kappa shape index (κ3) is 12.5. The molecule has 30 heavy (non-hydrogen) atoms. The largest absolute Gasteiger partial charge is 0.445 e. The maximum absolute atomic E-state index is 12.2. The van der Waals surface area contributed by atoms with Gasteiger partial charge in [0.25, 0.3) is 0 Å². The van der Waals surface area contributed by atoms with Gasteiger partial charge in [-0.25, -0.2) is 4.79 Å². The molecule has 1 N–H and O–H groups in total. The van der Waals surface area contributed by atoms with E-state index in [0.29, 0.717) is 32.7 Å². The average molecular weight is 429 g/mol. The van der Waals surface area contributed by atoms with Gasteiger partial charge in [0.05, 0.1) is 39.1 Å². The number of carbonyl (C=O) groups excluding carboxylic acids is 2. The van der Waals surface area contributed by atoms with Gasteiger partial charge in [0.1, 0.15) is 26.3 Å². The average Bonchev–Trinajstić information content (AvgIpc) is 2.77. The van der Waals surface area contributed by atoms with Crippen LogP contribution < -0.4 is 5.32 Å². The summed E-state index contributed by atoms with van der Waals surface area (Å²) in [5.74, 6) is 0. The van der Waals surface area contributed by atoms with Crippen molar-refractivity contribution in [1.29, 1.82) is 0 Å². The Morgan fingerprint density at radius 2 is 1.63 bits per heavy atom. The molecule has 0 saturated heterocycles. The number of hydrogen-bond donors (Lipinski definition) is 1. The normalized spacial score (nSPS) is 12.9. The van der Waals surface area contributed by atoms with Gasteiger partial charge in [-0.05, 0) is 5.56 Å². The molecule has 0 spiro atoms. The molecule has 0 radical (unpaired) electrons. The summed E-state index contributed by atoms with van der Waals surface area (Å²) in [6, 6.07) is 8.42. The van der Waals surface area contributed by atoms with Gasteiger partial charge in [0.15, 0.2) is 6.29 Å². The standard InChI is InChI=1S/C20H31NO9/c1-24-8-10-26-15-28-14-18(19(12-22)30-16-27-11-9-25-2)21-20(23)29-13-17-6-4-3-5-7-17/h3-7,12,18-19H,8-11,13-16H2,1-2H3,(H,21,23)/t18-,19+/m1/s1. The predicted octanol–water partition coefficient (Wildman–Crippen LogP) is 1.12. The number of carbonyl (C=O) groups is 2. The summed E-state index contributed by atoms with van der Waals surface area (Å²) in [4.78, 5) is 23.7. The van der Waals surface area contributed by atoms with Crippen LogP contribution in [0.2, 0.25) is 0 Å². The van der Waals surface area contributed by atoms with E-state index in [1.807, 2.05) is 30.3 Å². The van der Waals surface area contributed by atoms with E-state index in [2.05, 4.69) is 5.32 Å². The van der Waals surface area contributed by atoms with Gasteiger partial charge in [0.2, 0.25) is 0 Å². The SMILES string of the molecule is COCCOCOC[C@@H](NC(=O)OCc1ccccc1)[C@H](C=O)OCOCCOC. The highest BCUT2D eigenvalue weighted by molar-refractivity contribution is 5.69. The van der Waals surface area contributed by atoms with E-state index in [9.17, 15) is 9.59 Å². The minimum atomic E-state index is -1.00. The molecule has 1 aromatic rings. The van der Waals surface area contributed by atoms with Crippen molar-refractivity contribution in [2.75, 3.05) is 60.8 Å². The summed E-state index contributed by atoms with van der Waals surface area (Å²) in [5.41, 5.74) is 0.835. The fourth-order valence-corrected chi connectivity index (χ4v) is 2.15. The maximum Gasteiger partial charge on any atom is 0.407 e. The Balaban J connectivity index is 2.51. The lowest BCUT2D eigenvalue weighted by atomic mass is 10.2. The molecule has 0 aliphatic heterocycles.